The van der Waals surface area contributed by atoms with Gasteiger partial charge in [0.15, 0.2) is 0 Å². The number of likely N-dealkylation sites (tertiary alicyclic amines) is 1. The predicted octanol–water partition coefficient (Wildman–Crippen LogP) is 1.68. The van der Waals surface area contributed by atoms with Crippen molar-refractivity contribution in [2.75, 3.05) is 13.1 Å². The van der Waals surface area contributed by atoms with Gasteiger partial charge in [0.05, 0.1) is 5.92 Å². The number of carboxylic acid groups (broad SMARTS) is 1. The van der Waals surface area contributed by atoms with Crippen LogP contribution in [0.1, 0.15) is 39.0 Å². The van der Waals surface area contributed by atoms with E-state index in [0.29, 0.717) is 18.4 Å². The molecule has 2 amide bonds. The topological polar surface area (TPSA) is 69.6 Å². The molecule has 0 aromatic carbocycles. The van der Waals surface area contributed by atoms with Crippen LogP contribution in [0.5, 0.6) is 0 Å². The van der Waals surface area contributed by atoms with E-state index in [2.05, 4.69) is 5.32 Å². The molecule has 1 heterocycles. The Balaban J connectivity index is 1.79. The normalized spacial score (nSPS) is 27.3. The van der Waals surface area contributed by atoms with Gasteiger partial charge in [-0.2, -0.15) is 0 Å². The molecule has 5 nitrogen and oxygen atoms in total. The number of hydrogen-bond acceptors (Lipinski definition) is 2. The van der Waals surface area contributed by atoms with Crippen molar-refractivity contribution in [3.8, 4) is 0 Å². The van der Waals surface area contributed by atoms with Gasteiger partial charge in [0, 0.05) is 19.1 Å². The lowest BCUT2D eigenvalue weighted by Crippen LogP contribution is -2.46. The lowest BCUT2D eigenvalue weighted by Gasteiger charge is -2.27. The summed E-state index contributed by atoms with van der Waals surface area (Å²) in [4.78, 5) is 24.9. The summed E-state index contributed by atoms with van der Waals surface area (Å²) in [6.45, 7) is 3.05. The van der Waals surface area contributed by atoms with Gasteiger partial charge >= 0.3 is 12.0 Å². The van der Waals surface area contributed by atoms with E-state index >= 15 is 0 Å². The number of rotatable bonds is 5. The van der Waals surface area contributed by atoms with Gasteiger partial charge in [-0.05, 0) is 31.6 Å². The van der Waals surface area contributed by atoms with Gasteiger partial charge in [0.2, 0.25) is 0 Å². The van der Waals surface area contributed by atoms with Gasteiger partial charge in [0.25, 0.3) is 0 Å². The molecule has 1 aliphatic heterocycles. The Morgan fingerprint density at radius 1 is 1.44 bits per heavy atom. The maximum atomic E-state index is 12.0. The number of nitrogens with zero attached hydrogens (tertiary/aromatic N) is 1. The van der Waals surface area contributed by atoms with Crippen molar-refractivity contribution in [2.45, 2.75) is 45.1 Å². The van der Waals surface area contributed by atoms with Crippen LogP contribution in [0, 0.1) is 11.8 Å². The van der Waals surface area contributed by atoms with E-state index in [9.17, 15) is 9.59 Å². The molecular formula is C13H22N2O3. The number of fused-ring (bicyclic) bond motifs is 2. The Labute approximate surface area is 108 Å². The minimum Gasteiger partial charge on any atom is -0.481 e. The molecule has 0 spiro atoms. The van der Waals surface area contributed by atoms with Crippen molar-refractivity contribution < 1.29 is 14.7 Å². The van der Waals surface area contributed by atoms with Gasteiger partial charge in [-0.25, -0.2) is 4.79 Å². The van der Waals surface area contributed by atoms with Crippen molar-refractivity contribution in [1.29, 1.82) is 0 Å². The van der Waals surface area contributed by atoms with E-state index in [1.807, 2.05) is 11.8 Å². The first-order valence-electron chi connectivity index (χ1n) is 6.89. The minimum absolute atomic E-state index is 0.0791. The standard InChI is InChI=1S/C13H22N2O3/c1-2-3-10(12(16)17)7-14-13(18)15-8-9-4-5-11(15)6-9/h9-11H,2-8H2,1H3,(H,14,18)(H,16,17). The number of urea groups is 1. The van der Waals surface area contributed by atoms with Crippen LogP contribution in [0.25, 0.3) is 0 Å². The Kier molecular flexibility index (Phi) is 4.09. The molecule has 2 bridgehead atoms. The molecule has 102 valence electrons. The molecule has 2 N–H and O–H groups in total. The number of piperidine rings is 1. The number of carboxylic acids is 1. The third-order valence-electron chi connectivity index (χ3n) is 4.16. The molecular weight excluding hydrogens is 232 g/mol. The van der Waals surface area contributed by atoms with E-state index in [-0.39, 0.29) is 12.6 Å². The van der Waals surface area contributed by atoms with Gasteiger partial charge in [-0.1, -0.05) is 13.3 Å². The summed E-state index contributed by atoms with van der Waals surface area (Å²) in [6, 6.07) is 0.314. The van der Waals surface area contributed by atoms with Crippen LogP contribution in [-0.2, 0) is 4.79 Å². The summed E-state index contributed by atoms with van der Waals surface area (Å²) in [5.74, 6) is -0.606. The fraction of sp³-hybridized carbons (Fsp3) is 0.846. The molecule has 2 rings (SSSR count). The van der Waals surface area contributed by atoms with Crippen LogP contribution in [0.15, 0.2) is 0 Å². The highest BCUT2D eigenvalue weighted by Crippen LogP contribution is 2.37. The lowest BCUT2D eigenvalue weighted by molar-refractivity contribution is -0.141. The fourth-order valence-electron chi connectivity index (χ4n) is 3.15. The molecule has 2 aliphatic rings. The summed E-state index contributed by atoms with van der Waals surface area (Å²) in [5.41, 5.74) is 0. The quantitative estimate of drug-likeness (QED) is 0.784. The first-order valence-corrected chi connectivity index (χ1v) is 6.89. The monoisotopic (exact) mass is 254 g/mol. The van der Waals surface area contributed by atoms with E-state index in [4.69, 9.17) is 5.11 Å². The van der Waals surface area contributed by atoms with Crippen molar-refractivity contribution in [2.24, 2.45) is 11.8 Å². The van der Waals surface area contributed by atoms with Crippen molar-refractivity contribution >= 4 is 12.0 Å². The third kappa shape index (κ3) is 2.76. The highest BCUT2D eigenvalue weighted by molar-refractivity contribution is 5.76. The van der Waals surface area contributed by atoms with Gasteiger partial charge in [0.1, 0.15) is 0 Å². The first kappa shape index (κ1) is 13.2. The Morgan fingerprint density at radius 3 is 2.72 bits per heavy atom. The molecule has 3 atom stereocenters. The molecule has 5 heteroatoms. The number of carbonyl (C=O) groups is 2. The van der Waals surface area contributed by atoms with Crippen LogP contribution in [0.4, 0.5) is 4.79 Å². The number of nitrogens with one attached hydrogen (secondary N) is 1. The zero-order chi connectivity index (χ0) is 13.1. The average molecular weight is 254 g/mol. The Bertz CT molecular complexity index is 332. The van der Waals surface area contributed by atoms with E-state index < -0.39 is 11.9 Å². The summed E-state index contributed by atoms with van der Waals surface area (Å²) >= 11 is 0. The molecule has 1 aliphatic carbocycles. The molecule has 0 aromatic rings. The highest BCUT2D eigenvalue weighted by Gasteiger charge is 2.40. The summed E-state index contributed by atoms with van der Waals surface area (Å²) in [5, 5.41) is 11.8. The molecule has 3 unspecified atom stereocenters. The molecule has 18 heavy (non-hydrogen) atoms. The van der Waals surface area contributed by atoms with Crippen molar-refractivity contribution in [1.82, 2.24) is 10.2 Å². The van der Waals surface area contributed by atoms with Gasteiger partial charge in [-0.3, -0.25) is 4.79 Å². The number of aliphatic carboxylic acids is 1. The fourth-order valence-corrected chi connectivity index (χ4v) is 3.15. The number of carbonyl (C=O) groups excluding carboxylic acids is 1. The molecule has 2 fully saturated rings. The molecule has 0 aromatic heterocycles. The Morgan fingerprint density at radius 2 is 2.22 bits per heavy atom. The average Bonchev–Trinajstić information content (AvgIpc) is 2.95. The van der Waals surface area contributed by atoms with Crippen LogP contribution < -0.4 is 5.32 Å². The van der Waals surface area contributed by atoms with Crippen molar-refractivity contribution in [3.05, 3.63) is 0 Å². The van der Waals surface area contributed by atoms with E-state index in [1.165, 1.54) is 6.42 Å². The zero-order valence-electron chi connectivity index (χ0n) is 10.9. The van der Waals surface area contributed by atoms with Crippen LogP contribution in [-0.4, -0.2) is 41.1 Å². The van der Waals surface area contributed by atoms with Crippen LogP contribution in [0.2, 0.25) is 0 Å². The SMILES string of the molecule is CCCC(CNC(=O)N1CC2CCC1C2)C(=O)O. The molecule has 0 radical (unpaired) electrons. The third-order valence-corrected chi connectivity index (χ3v) is 4.16. The van der Waals surface area contributed by atoms with E-state index in [1.54, 1.807) is 0 Å². The highest BCUT2D eigenvalue weighted by atomic mass is 16.4. The zero-order valence-corrected chi connectivity index (χ0v) is 10.9. The summed E-state index contributed by atoms with van der Waals surface area (Å²) in [6.07, 6.45) is 4.91. The van der Waals surface area contributed by atoms with Crippen LogP contribution in [0.3, 0.4) is 0 Å². The molecule has 1 saturated heterocycles. The summed E-state index contributed by atoms with van der Waals surface area (Å²) in [7, 11) is 0. The van der Waals surface area contributed by atoms with Crippen LogP contribution >= 0.6 is 0 Å². The maximum absolute atomic E-state index is 12.0. The molecule has 1 saturated carbocycles. The van der Waals surface area contributed by atoms with Gasteiger partial charge < -0.3 is 15.3 Å². The number of amides is 2. The van der Waals surface area contributed by atoms with Crippen molar-refractivity contribution in [3.63, 3.8) is 0 Å². The van der Waals surface area contributed by atoms with E-state index in [0.717, 1.165) is 25.8 Å². The lowest BCUT2D eigenvalue weighted by atomic mass is 10.0. The number of hydrogen-bond donors (Lipinski definition) is 2. The first-order chi connectivity index (χ1) is 8.61. The second-order valence-electron chi connectivity index (χ2n) is 5.50. The second-order valence-corrected chi connectivity index (χ2v) is 5.50. The predicted molar refractivity (Wildman–Crippen MR) is 67.3 cm³/mol. The smallest absolute Gasteiger partial charge is 0.317 e. The second kappa shape index (κ2) is 5.59. The minimum atomic E-state index is -0.819. The summed E-state index contributed by atoms with van der Waals surface area (Å²) < 4.78 is 0. The Hall–Kier alpha value is -1.26. The maximum Gasteiger partial charge on any atom is 0.317 e. The largest absolute Gasteiger partial charge is 0.481 e. The van der Waals surface area contributed by atoms with Gasteiger partial charge in [-0.15, -0.1) is 0 Å².